The quantitative estimate of drug-likeness (QED) is 0.781. The number of nitrogens with one attached hydrogen (secondary N) is 1. The highest BCUT2D eigenvalue weighted by Crippen LogP contribution is 2.27. The SMILES string of the molecule is CC(N[C@H](C)c1ccc(F)cc1)c1ccc(Cl)c(Cl)c1. The molecule has 0 saturated heterocycles. The molecule has 2 rings (SSSR count). The van der Waals surface area contributed by atoms with Gasteiger partial charge in [-0.3, -0.25) is 0 Å². The van der Waals surface area contributed by atoms with Crippen molar-refractivity contribution in [3.8, 4) is 0 Å². The Kier molecular flexibility index (Phi) is 5.03. The minimum absolute atomic E-state index is 0.111. The summed E-state index contributed by atoms with van der Waals surface area (Å²) in [5.41, 5.74) is 2.10. The maximum Gasteiger partial charge on any atom is 0.123 e. The lowest BCUT2D eigenvalue weighted by Crippen LogP contribution is -2.22. The normalized spacial score (nSPS) is 14.1. The molecule has 0 saturated carbocycles. The van der Waals surface area contributed by atoms with E-state index in [9.17, 15) is 4.39 Å². The van der Waals surface area contributed by atoms with Crippen molar-refractivity contribution in [1.29, 1.82) is 0 Å². The van der Waals surface area contributed by atoms with Crippen LogP contribution in [0.4, 0.5) is 4.39 Å². The van der Waals surface area contributed by atoms with Gasteiger partial charge in [0.2, 0.25) is 0 Å². The Morgan fingerprint density at radius 3 is 2.00 bits per heavy atom. The van der Waals surface area contributed by atoms with Gasteiger partial charge in [-0.15, -0.1) is 0 Å². The average Bonchev–Trinajstić information content (AvgIpc) is 2.42. The molecule has 0 aromatic heterocycles. The van der Waals surface area contributed by atoms with E-state index in [0.717, 1.165) is 11.1 Å². The summed E-state index contributed by atoms with van der Waals surface area (Å²) in [6.45, 7) is 4.10. The second kappa shape index (κ2) is 6.57. The van der Waals surface area contributed by atoms with E-state index in [1.807, 2.05) is 19.1 Å². The van der Waals surface area contributed by atoms with Gasteiger partial charge >= 0.3 is 0 Å². The highest BCUT2D eigenvalue weighted by Gasteiger charge is 2.12. The lowest BCUT2D eigenvalue weighted by Gasteiger charge is -2.21. The summed E-state index contributed by atoms with van der Waals surface area (Å²) in [5, 5.41) is 4.55. The zero-order valence-corrected chi connectivity index (χ0v) is 12.8. The summed E-state index contributed by atoms with van der Waals surface area (Å²) in [6, 6.07) is 12.3. The van der Waals surface area contributed by atoms with Gasteiger partial charge in [-0.2, -0.15) is 0 Å². The first kappa shape index (κ1) is 15.3. The smallest absolute Gasteiger partial charge is 0.123 e. The van der Waals surface area contributed by atoms with Crippen LogP contribution in [-0.2, 0) is 0 Å². The van der Waals surface area contributed by atoms with Gasteiger partial charge in [0.1, 0.15) is 5.82 Å². The van der Waals surface area contributed by atoms with Crippen LogP contribution in [0.15, 0.2) is 42.5 Å². The largest absolute Gasteiger partial charge is 0.304 e. The Hall–Kier alpha value is -1.09. The van der Waals surface area contributed by atoms with Crippen molar-refractivity contribution in [3.63, 3.8) is 0 Å². The maximum absolute atomic E-state index is 12.9. The van der Waals surface area contributed by atoms with Crippen LogP contribution in [0.1, 0.15) is 37.1 Å². The number of hydrogen-bond acceptors (Lipinski definition) is 1. The summed E-state index contributed by atoms with van der Waals surface area (Å²) >= 11 is 11.9. The fourth-order valence-corrected chi connectivity index (χ4v) is 2.41. The van der Waals surface area contributed by atoms with Crippen LogP contribution < -0.4 is 5.32 Å². The minimum Gasteiger partial charge on any atom is -0.304 e. The van der Waals surface area contributed by atoms with Crippen LogP contribution in [0.5, 0.6) is 0 Å². The molecule has 106 valence electrons. The highest BCUT2D eigenvalue weighted by atomic mass is 35.5. The molecule has 2 atom stereocenters. The van der Waals surface area contributed by atoms with E-state index in [-0.39, 0.29) is 17.9 Å². The van der Waals surface area contributed by atoms with Crippen LogP contribution >= 0.6 is 23.2 Å². The number of rotatable bonds is 4. The second-order valence-electron chi connectivity index (χ2n) is 4.84. The second-order valence-corrected chi connectivity index (χ2v) is 5.65. The Labute approximate surface area is 128 Å². The van der Waals surface area contributed by atoms with Gasteiger partial charge in [0.25, 0.3) is 0 Å². The monoisotopic (exact) mass is 311 g/mol. The molecule has 1 unspecified atom stereocenters. The van der Waals surface area contributed by atoms with Crippen molar-refractivity contribution in [2.24, 2.45) is 0 Å². The minimum atomic E-state index is -0.224. The zero-order chi connectivity index (χ0) is 14.7. The van der Waals surface area contributed by atoms with Crippen molar-refractivity contribution in [2.75, 3.05) is 0 Å². The fraction of sp³-hybridized carbons (Fsp3) is 0.250. The van der Waals surface area contributed by atoms with Gasteiger partial charge in [0.05, 0.1) is 10.0 Å². The summed E-state index contributed by atoms with van der Waals surface area (Å²) < 4.78 is 12.9. The van der Waals surface area contributed by atoms with Crippen LogP contribution in [0, 0.1) is 5.82 Å². The molecule has 0 bridgehead atoms. The Balaban J connectivity index is 2.08. The average molecular weight is 312 g/mol. The summed E-state index contributed by atoms with van der Waals surface area (Å²) in [5.74, 6) is -0.224. The van der Waals surface area contributed by atoms with E-state index in [2.05, 4.69) is 12.2 Å². The predicted octanol–water partition coefficient (Wildman–Crippen LogP) is 5.54. The molecule has 0 heterocycles. The standard InChI is InChI=1S/C16H16Cl2FN/c1-10(12-3-6-14(19)7-4-12)20-11(2)13-5-8-15(17)16(18)9-13/h3-11,20H,1-2H3/t10-,11?/m1/s1. The number of hydrogen-bond donors (Lipinski definition) is 1. The molecule has 1 nitrogen and oxygen atoms in total. The van der Waals surface area contributed by atoms with Crippen LogP contribution in [0.25, 0.3) is 0 Å². The van der Waals surface area contributed by atoms with Gasteiger partial charge in [0, 0.05) is 12.1 Å². The van der Waals surface area contributed by atoms with E-state index in [0.29, 0.717) is 10.0 Å². The van der Waals surface area contributed by atoms with Crippen LogP contribution in [0.3, 0.4) is 0 Å². The van der Waals surface area contributed by atoms with Crippen molar-refractivity contribution in [1.82, 2.24) is 5.32 Å². The Morgan fingerprint density at radius 2 is 1.40 bits per heavy atom. The Morgan fingerprint density at radius 1 is 0.850 bits per heavy atom. The first-order chi connectivity index (χ1) is 9.47. The van der Waals surface area contributed by atoms with E-state index >= 15 is 0 Å². The van der Waals surface area contributed by atoms with E-state index in [4.69, 9.17) is 23.2 Å². The summed E-state index contributed by atoms with van der Waals surface area (Å²) in [4.78, 5) is 0. The molecule has 4 heteroatoms. The molecule has 0 fully saturated rings. The Bertz CT molecular complexity index is 584. The molecule has 1 N–H and O–H groups in total. The molecule has 2 aromatic carbocycles. The van der Waals surface area contributed by atoms with Crippen molar-refractivity contribution in [2.45, 2.75) is 25.9 Å². The van der Waals surface area contributed by atoms with Crippen LogP contribution in [0.2, 0.25) is 10.0 Å². The lowest BCUT2D eigenvalue weighted by molar-refractivity contribution is 0.494. The molecular weight excluding hydrogens is 296 g/mol. The number of benzene rings is 2. The first-order valence-electron chi connectivity index (χ1n) is 6.44. The third kappa shape index (κ3) is 3.72. The van der Waals surface area contributed by atoms with Gasteiger partial charge in [-0.25, -0.2) is 4.39 Å². The lowest BCUT2D eigenvalue weighted by atomic mass is 10.0. The van der Waals surface area contributed by atoms with Gasteiger partial charge in [-0.1, -0.05) is 41.4 Å². The molecule has 0 aliphatic carbocycles. The molecular formula is C16H16Cl2FN. The van der Waals surface area contributed by atoms with Gasteiger partial charge in [-0.05, 0) is 49.2 Å². The molecule has 0 amide bonds. The highest BCUT2D eigenvalue weighted by molar-refractivity contribution is 6.42. The molecule has 0 aliphatic rings. The van der Waals surface area contributed by atoms with Crippen molar-refractivity contribution < 1.29 is 4.39 Å². The van der Waals surface area contributed by atoms with Crippen molar-refractivity contribution >= 4 is 23.2 Å². The summed E-state index contributed by atoms with van der Waals surface area (Å²) in [7, 11) is 0. The molecule has 0 radical (unpaired) electrons. The molecule has 20 heavy (non-hydrogen) atoms. The maximum atomic E-state index is 12.9. The number of halogens is 3. The van der Waals surface area contributed by atoms with Gasteiger partial charge in [0.15, 0.2) is 0 Å². The van der Waals surface area contributed by atoms with Crippen molar-refractivity contribution in [3.05, 3.63) is 69.5 Å². The summed E-state index contributed by atoms with van der Waals surface area (Å²) in [6.07, 6.45) is 0. The first-order valence-corrected chi connectivity index (χ1v) is 7.19. The van der Waals surface area contributed by atoms with E-state index in [1.54, 1.807) is 18.2 Å². The third-order valence-corrected chi connectivity index (χ3v) is 4.05. The zero-order valence-electron chi connectivity index (χ0n) is 11.3. The van der Waals surface area contributed by atoms with E-state index < -0.39 is 0 Å². The topological polar surface area (TPSA) is 12.0 Å². The van der Waals surface area contributed by atoms with E-state index in [1.165, 1.54) is 12.1 Å². The van der Waals surface area contributed by atoms with Crippen LogP contribution in [-0.4, -0.2) is 0 Å². The fourth-order valence-electron chi connectivity index (χ4n) is 2.10. The third-order valence-electron chi connectivity index (χ3n) is 3.31. The predicted molar refractivity (Wildman–Crippen MR) is 82.8 cm³/mol. The molecule has 0 aliphatic heterocycles. The molecule has 2 aromatic rings. The van der Waals surface area contributed by atoms with Gasteiger partial charge < -0.3 is 5.32 Å². The molecule has 0 spiro atoms.